The molecule has 172 valence electrons. The van der Waals surface area contributed by atoms with Crippen LogP contribution >= 0.6 is 11.6 Å². The maximum absolute atomic E-state index is 12.7. The number of benzene rings is 2. The van der Waals surface area contributed by atoms with Crippen LogP contribution in [0, 0.1) is 12.8 Å². The zero-order valence-electron chi connectivity index (χ0n) is 18.5. The third kappa shape index (κ3) is 6.39. The normalized spacial score (nSPS) is 11.7. The number of nitrogens with two attached hydrogens (primary N) is 1. The van der Waals surface area contributed by atoms with Gasteiger partial charge < -0.3 is 21.1 Å². The Balaban J connectivity index is 1.68. The molecule has 10 heteroatoms. The van der Waals surface area contributed by atoms with E-state index >= 15 is 0 Å². The van der Waals surface area contributed by atoms with E-state index in [9.17, 15) is 9.59 Å². The van der Waals surface area contributed by atoms with E-state index in [4.69, 9.17) is 22.1 Å². The third-order valence-electron chi connectivity index (χ3n) is 4.76. The Morgan fingerprint density at radius 1 is 1.06 bits per heavy atom. The number of nitrogen functional groups attached to an aromatic ring is 1. The quantitative estimate of drug-likeness (QED) is 0.427. The summed E-state index contributed by atoms with van der Waals surface area (Å²) in [6.07, 6.45) is 0. The van der Waals surface area contributed by atoms with Crippen LogP contribution < -0.4 is 16.4 Å². The Morgan fingerprint density at radius 3 is 2.45 bits per heavy atom. The number of hydrogen-bond acceptors (Lipinski definition) is 8. The summed E-state index contributed by atoms with van der Waals surface area (Å²) in [7, 11) is 0. The Hall–Kier alpha value is -3.72. The summed E-state index contributed by atoms with van der Waals surface area (Å²) >= 11 is 6.08. The van der Waals surface area contributed by atoms with Gasteiger partial charge in [0.1, 0.15) is 6.04 Å². The second-order valence-corrected chi connectivity index (χ2v) is 8.06. The van der Waals surface area contributed by atoms with Crippen LogP contribution in [-0.2, 0) is 16.1 Å². The molecule has 0 saturated carbocycles. The minimum absolute atomic E-state index is 0.0143. The lowest BCUT2D eigenvalue weighted by Crippen LogP contribution is -2.45. The highest BCUT2D eigenvalue weighted by Crippen LogP contribution is 2.18. The van der Waals surface area contributed by atoms with Gasteiger partial charge in [0.2, 0.25) is 11.9 Å². The van der Waals surface area contributed by atoms with Crippen molar-refractivity contribution in [2.75, 3.05) is 11.1 Å². The maximum Gasteiger partial charge on any atom is 0.329 e. The number of rotatable bonds is 8. The zero-order chi connectivity index (χ0) is 24.0. The van der Waals surface area contributed by atoms with E-state index in [1.807, 2.05) is 31.2 Å². The first-order chi connectivity index (χ1) is 15.7. The molecule has 2 aromatic carbocycles. The second kappa shape index (κ2) is 10.7. The van der Waals surface area contributed by atoms with Gasteiger partial charge in [0.05, 0.1) is 10.6 Å². The number of para-hydroxylation sites is 1. The maximum atomic E-state index is 12.7. The van der Waals surface area contributed by atoms with Gasteiger partial charge in [-0.15, -0.1) is 0 Å². The van der Waals surface area contributed by atoms with E-state index in [-0.39, 0.29) is 35.8 Å². The van der Waals surface area contributed by atoms with Crippen LogP contribution in [-0.4, -0.2) is 32.9 Å². The number of esters is 1. The standard InChI is InChI=1S/C23H25ClN6O3/c1-13(2)19(29-20(31)15-9-5-6-10-16(15)24)21(32)33-12-18-27-22(25)30-23(28-18)26-17-11-7-4-8-14(17)3/h4-11,13,19H,12H2,1-3H3,(H,29,31)(H3,25,26,27,28,30)/t19-/m1/s1. The van der Waals surface area contributed by atoms with Crippen molar-refractivity contribution in [3.8, 4) is 0 Å². The van der Waals surface area contributed by atoms with Gasteiger partial charge in [-0.25, -0.2) is 4.79 Å². The van der Waals surface area contributed by atoms with Gasteiger partial charge in [-0.2, -0.15) is 15.0 Å². The van der Waals surface area contributed by atoms with E-state index in [1.165, 1.54) is 0 Å². The molecule has 0 aliphatic carbocycles. The lowest BCUT2D eigenvalue weighted by Gasteiger charge is -2.21. The summed E-state index contributed by atoms with van der Waals surface area (Å²) in [5, 5.41) is 6.05. The van der Waals surface area contributed by atoms with Crippen LogP contribution in [0.4, 0.5) is 17.6 Å². The number of halogens is 1. The molecule has 1 aromatic heterocycles. The first kappa shape index (κ1) is 23.9. The van der Waals surface area contributed by atoms with Crippen molar-refractivity contribution in [1.82, 2.24) is 20.3 Å². The van der Waals surface area contributed by atoms with Crippen LogP contribution in [0.1, 0.15) is 35.6 Å². The number of carbonyl (C=O) groups is 2. The summed E-state index contributed by atoms with van der Waals surface area (Å²) < 4.78 is 5.38. The van der Waals surface area contributed by atoms with Crippen molar-refractivity contribution in [1.29, 1.82) is 0 Å². The Bertz CT molecular complexity index is 1150. The van der Waals surface area contributed by atoms with Crippen molar-refractivity contribution >= 4 is 41.1 Å². The number of nitrogens with one attached hydrogen (secondary N) is 2. The summed E-state index contributed by atoms with van der Waals surface area (Å²) in [5.74, 6) is -0.935. The minimum Gasteiger partial charge on any atom is -0.456 e. The molecular weight excluding hydrogens is 444 g/mol. The van der Waals surface area contributed by atoms with E-state index < -0.39 is 17.9 Å². The molecule has 0 aliphatic rings. The number of nitrogens with zero attached hydrogens (tertiary/aromatic N) is 3. The average molecular weight is 469 g/mol. The number of aromatic nitrogens is 3. The summed E-state index contributed by atoms with van der Waals surface area (Å²) in [6, 6.07) is 13.3. The van der Waals surface area contributed by atoms with Gasteiger partial charge in [0.25, 0.3) is 5.91 Å². The molecule has 1 heterocycles. The number of amides is 1. The van der Waals surface area contributed by atoms with Crippen molar-refractivity contribution in [3.63, 3.8) is 0 Å². The van der Waals surface area contributed by atoms with Gasteiger partial charge in [0, 0.05) is 5.69 Å². The largest absolute Gasteiger partial charge is 0.456 e. The van der Waals surface area contributed by atoms with Crippen molar-refractivity contribution in [2.24, 2.45) is 5.92 Å². The first-order valence-electron chi connectivity index (χ1n) is 10.3. The van der Waals surface area contributed by atoms with Crippen LogP contribution in [0.2, 0.25) is 5.02 Å². The minimum atomic E-state index is -0.891. The first-order valence-corrected chi connectivity index (χ1v) is 10.7. The smallest absolute Gasteiger partial charge is 0.329 e. The number of hydrogen-bond donors (Lipinski definition) is 3. The third-order valence-corrected chi connectivity index (χ3v) is 5.09. The highest BCUT2D eigenvalue weighted by molar-refractivity contribution is 6.33. The molecule has 33 heavy (non-hydrogen) atoms. The fourth-order valence-electron chi connectivity index (χ4n) is 2.98. The Morgan fingerprint density at radius 2 is 1.76 bits per heavy atom. The summed E-state index contributed by atoms with van der Waals surface area (Å²) in [4.78, 5) is 37.7. The number of aryl methyl sites for hydroxylation is 1. The van der Waals surface area contributed by atoms with Crippen LogP contribution in [0.5, 0.6) is 0 Å². The molecule has 0 unspecified atom stereocenters. The lowest BCUT2D eigenvalue weighted by atomic mass is 10.0. The van der Waals surface area contributed by atoms with Gasteiger partial charge in [-0.3, -0.25) is 4.79 Å². The highest BCUT2D eigenvalue weighted by Gasteiger charge is 2.27. The highest BCUT2D eigenvalue weighted by atomic mass is 35.5. The van der Waals surface area contributed by atoms with Gasteiger partial charge in [-0.05, 0) is 36.6 Å². The second-order valence-electron chi connectivity index (χ2n) is 7.66. The molecule has 9 nitrogen and oxygen atoms in total. The topological polar surface area (TPSA) is 132 Å². The van der Waals surface area contributed by atoms with Crippen LogP contribution in [0.15, 0.2) is 48.5 Å². The van der Waals surface area contributed by atoms with Crippen LogP contribution in [0.25, 0.3) is 0 Å². The molecule has 3 rings (SSSR count). The molecule has 4 N–H and O–H groups in total. The zero-order valence-corrected chi connectivity index (χ0v) is 19.3. The molecule has 1 atom stereocenters. The fourth-order valence-corrected chi connectivity index (χ4v) is 3.20. The van der Waals surface area contributed by atoms with Gasteiger partial charge in [0.15, 0.2) is 12.4 Å². The predicted octanol–water partition coefficient (Wildman–Crippen LogP) is 3.66. The van der Waals surface area contributed by atoms with E-state index in [1.54, 1.807) is 38.1 Å². The Labute approximate surface area is 196 Å². The molecule has 3 aromatic rings. The van der Waals surface area contributed by atoms with E-state index in [0.717, 1.165) is 11.3 Å². The molecular formula is C23H25ClN6O3. The molecule has 0 bridgehead atoms. The molecule has 0 saturated heterocycles. The predicted molar refractivity (Wildman–Crippen MR) is 126 cm³/mol. The molecule has 0 spiro atoms. The van der Waals surface area contributed by atoms with E-state index in [2.05, 4.69) is 25.6 Å². The SMILES string of the molecule is Cc1ccccc1Nc1nc(N)nc(COC(=O)[C@H](NC(=O)c2ccccc2Cl)C(C)C)n1. The van der Waals surface area contributed by atoms with Gasteiger partial charge in [-0.1, -0.05) is 55.8 Å². The van der Waals surface area contributed by atoms with Gasteiger partial charge >= 0.3 is 5.97 Å². The Kier molecular flexibility index (Phi) is 7.78. The number of ether oxygens (including phenoxy) is 1. The number of carbonyl (C=O) groups excluding carboxylic acids is 2. The monoisotopic (exact) mass is 468 g/mol. The molecule has 0 radical (unpaired) electrons. The summed E-state index contributed by atoms with van der Waals surface area (Å²) in [6.45, 7) is 5.30. The molecule has 1 amide bonds. The number of anilines is 3. The molecule has 0 fully saturated rings. The van der Waals surface area contributed by atoms with Crippen molar-refractivity contribution in [3.05, 3.63) is 70.5 Å². The van der Waals surface area contributed by atoms with Crippen molar-refractivity contribution < 1.29 is 14.3 Å². The molecule has 0 aliphatic heterocycles. The van der Waals surface area contributed by atoms with Crippen molar-refractivity contribution in [2.45, 2.75) is 33.4 Å². The van der Waals surface area contributed by atoms with Crippen LogP contribution in [0.3, 0.4) is 0 Å². The summed E-state index contributed by atoms with van der Waals surface area (Å²) in [5.41, 5.74) is 7.88. The van der Waals surface area contributed by atoms with E-state index in [0.29, 0.717) is 5.02 Å². The fraction of sp³-hybridized carbons (Fsp3) is 0.261. The average Bonchev–Trinajstić information content (AvgIpc) is 2.77. The lowest BCUT2D eigenvalue weighted by molar-refractivity contribution is -0.148.